The fraction of sp³-hybridized carbons (Fsp3) is 0.444. The summed E-state index contributed by atoms with van der Waals surface area (Å²) in [5.41, 5.74) is 2.15. The molecule has 4 nitrogen and oxygen atoms in total. The van der Waals surface area contributed by atoms with Gasteiger partial charge in [0.1, 0.15) is 11.6 Å². The van der Waals surface area contributed by atoms with E-state index in [4.69, 9.17) is 4.74 Å². The Bertz CT molecular complexity index is 632. The Kier molecular flexibility index (Phi) is 5.31. The summed E-state index contributed by atoms with van der Waals surface area (Å²) in [6, 6.07) is 7.22. The summed E-state index contributed by atoms with van der Waals surface area (Å²) >= 11 is 0. The second kappa shape index (κ2) is 7.62. The van der Waals surface area contributed by atoms with Crippen LogP contribution in [0.25, 0.3) is 0 Å². The first-order chi connectivity index (χ1) is 11.3. The molecule has 1 fully saturated rings. The van der Waals surface area contributed by atoms with E-state index in [1.54, 1.807) is 19.2 Å². The van der Waals surface area contributed by atoms with Crippen LogP contribution in [0.5, 0.6) is 0 Å². The molecule has 1 atom stereocenters. The lowest BCUT2D eigenvalue weighted by Crippen LogP contribution is -2.23. The SMILES string of the molecule is COCCc1ncc(CN2CCCC2c2cccc(F)c2)cn1. The van der Waals surface area contributed by atoms with E-state index in [0.29, 0.717) is 6.61 Å². The molecule has 0 amide bonds. The third-order valence-electron chi connectivity index (χ3n) is 4.27. The summed E-state index contributed by atoms with van der Waals surface area (Å²) in [6.45, 7) is 2.45. The number of hydrogen-bond acceptors (Lipinski definition) is 4. The average molecular weight is 315 g/mol. The number of methoxy groups -OCH3 is 1. The van der Waals surface area contributed by atoms with Crippen molar-refractivity contribution in [2.75, 3.05) is 20.3 Å². The highest BCUT2D eigenvalue weighted by molar-refractivity contribution is 5.21. The van der Waals surface area contributed by atoms with Gasteiger partial charge >= 0.3 is 0 Å². The minimum absolute atomic E-state index is 0.167. The normalized spacial score (nSPS) is 18.4. The Morgan fingerprint density at radius 1 is 1.30 bits per heavy atom. The molecular formula is C18H22FN3O. The van der Waals surface area contributed by atoms with Crippen LogP contribution >= 0.6 is 0 Å². The zero-order chi connectivity index (χ0) is 16.1. The van der Waals surface area contributed by atoms with Gasteiger partial charge in [0.2, 0.25) is 0 Å². The monoisotopic (exact) mass is 315 g/mol. The fourth-order valence-corrected chi connectivity index (χ4v) is 3.13. The van der Waals surface area contributed by atoms with Crippen LogP contribution in [0.2, 0.25) is 0 Å². The van der Waals surface area contributed by atoms with Gasteiger partial charge in [-0.3, -0.25) is 4.90 Å². The third kappa shape index (κ3) is 4.12. The molecule has 23 heavy (non-hydrogen) atoms. The zero-order valence-corrected chi connectivity index (χ0v) is 13.4. The first-order valence-corrected chi connectivity index (χ1v) is 8.04. The molecule has 5 heteroatoms. The predicted octanol–water partition coefficient (Wildman–Crippen LogP) is 3.14. The predicted molar refractivity (Wildman–Crippen MR) is 86.4 cm³/mol. The van der Waals surface area contributed by atoms with E-state index in [-0.39, 0.29) is 11.9 Å². The summed E-state index contributed by atoms with van der Waals surface area (Å²) in [5.74, 6) is 0.638. The molecule has 122 valence electrons. The largest absolute Gasteiger partial charge is 0.384 e. The van der Waals surface area contributed by atoms with Crippen molar-refractivity contribution in [2.45, 2.75) is 31.8 Å². The van der Waals surface area contributed by atoms with Crippen molar-refractivity contribution < 1.29 is 9.13 Å². The van der Waals surface area contributed by atoms with Crippen LogP contribution in [0.4, 0.5) is 4.39 Å². The van der Waals surface area contributed by atoms with E-state index in [9.17, 15) is 4.39 Å². The molecule has 0 spiro atoms. The first kappa shape index (κ1) is 16.0. The number of aromatic nitrogens is 2. The highest BCUT2D eigenvalue weighted by Crippen LogP contribution is 2.33. The van der Waals surface area contributed by atoms with Crippen molar-refractivity contribution in [3.63, 3.8) is 0 Å². The number of halogens is 1. The van der Waals surface area contributed by atoms with Crippen molar-refractivity contribution in [2.24, 2.45) is 0 Å². The van der Waals surface area contributed by atoms with Crippen molar-refractivity contribution in [3.8, 4) is 0 Å². The maximum Gasteiger partial charge on any atom is 0.130 e. The highest BCUT2D eigenvalue weighted by atomic mass is 19.1. The van der Waals surface area contributed by atoms with Gasteiger partial charge in [-0.1, -0.05) is 12.1 Å². The van der Waals surface area contributed by atoms with E-state index < -0.39 is 0 Å². The van der Waals surface area contributed by atoms with E-state index in [2.05, 4.69) is 14.9 Å². The average Bonchev–Trinajstić information content (AvgIpc) is 3.02. The first-order valence-electron chi connectivity index (χ1n) is 8.04. The maximum absolute atomic E-state index is 13.5. The smallest absolute Gasteiger partial charge is 0.130 e. The van der Waals surface area contributed by atoms with Gasteiger partial charge in [0.05, 0.1) is 6.61 Å². The second-order valence-electron chi connectivity index (χ2n) is 5.93. The number of hydrogen-bond donors (Lipinski definition) is 0. The minimum Gasteiger partial charge on any atom is -0.384 e. The zero-order valence-electron chi connectivity index (χ0n) is 13.4. The van der Waals surface area contributed by atoms with Gasteiger partial charge in [-0.05, 0) is 37.1 Å². The summed E-state index contributed by atoms with van der Waals surface area (Å²) in [7, 11) is 1.67. The molecule has 0 radical (unpaired) electrons. The number of benzene rings is 1. The lowest BCUT2D eigenvalue weighted by Gasteiger charge is -2.24. The van der Waals surface area contributed by atoms with Crippen LogP contribution in [-0.4, -0.2) is 35.1 Å². The molecule has 0 saturated carbocycles. The van der Waals surface area contributed by atoms with Crippen LogP contribution in [-0.2, 0) is 17.7 Å². The van der Waals surface area contributed by atoms with Gasteiger partial charge in [-0.15, -0.1) is 0 Å². The van der Waals surface area contributed by atoms with Crippen molar-refractivity contribution in [1.29, 1.82) is 0 Å². The van der Waals surface area contributed by atoms with Crippen molar-refractivity contribution in [3.05, 3.63) is 59.4 Å². The molecule has 1 unspecified atom stereocenters. The summed E-state index contributed by atoms with van der Waals surface area (Å²) < 4.78 is 18.5. The Labute approximate surface area is 136 Å². The fourth-order valence-electron chi connectivity index (χ4n) is 3.13. The van der Waals surface area contributed by atoms with Crippen LogP contribution < -0.4 is 0 Å². The molecular weight excluding hydrogens is 293 g/mol. The molecule has 1 aromatic heterocycles. The topological polar surface area (TPSA) is 38.2 Å². The molecule has 1 aliphatic heterocycles. The number of likely N-dealkylation sites (tertiary alicyclic amines) is 1. The van der Waals surface area contributed by atoms with Gasteiger partial charge in [0, 0.05) is 44.1 Å². The Hall–Kier alpha value is -1.85. The minimum atomic E-state index is -0.167. The molecule has 0 bridgehead atoms. The summed E-state index contributed by atoms with van der Waals surface area (Å²) in [5, 5.41) is 0. The number of rotatable bonds is 6. The van der Waals surface area contributed by atoms with E-state index >= 15 is 0 Å². The molecule has 2 aromatic rings. The molecule has 1 aliphatic rings. The Morgan fingerprint density at radius 3 is 2.87 bits per heavy atom. The quantitative estimate of drug-likeness (QED) is 0.821. The summed E-state index contributed by atoms with van der Waals surface area (Å²) in [4.78, 5) is 11.2. The Morgan fingerprint density at radius 2 is 2.13 bits per heavy atom. The van der Waals surface area contributed by atoms with Gasteiger partial charge in [-0.2, -0.15) is 0 Å². The van der Waals surface area contributed by atoms with Crippen LogP contribution in [0, 0.1) is 5.82 Å². The van der Waals surface area contributed by atoms with Gasteiger partial charge in [0.25, 0.3) is 0 Å². The van der Waals surface area contributed by atoms with E-state index in [1.165, 1.54) is 6.07 Å². The van der Waals surface area contributed by atoms with Gasteiger partial charge in [-0.25, -0.2) is 14.4 Å². The molecule has 2 heterocycles. The third-order valence-corrected chi connectivity index (χ3v) is 4.27. The van der Waals surface area contributed by atoms with Crippen molar-refractivity contribution in [1.82, 2.24) is 14.9 Å². The molecule has 1 aromatic carbocycles. The number of ether oxygens (including phenoxy) is 1. The van der Waals surface area contributed by atoms with Crippen molar-refractivity contribution >= 4 is 0 Å². The standard InChI is InChI=1S/C18H22FN3O/c1-23-9-7-18-20-11-14(12-21-18)13-22-8-3-6-17(22)15-4-2-5-16(19)10-15/h2,4-5,10-12,17H,3,6-9,13H2,1H3. The lowest BCUT2D eigenvalue weighted by atomic mass is 10.0. The number of nitrogens with zero attached hydrogens (tertiary/aromatic N) is 3. The molecule has 0 N–H and O–H groups in total. The molecule has 1 saturated heterocycles. The highest BCUT2D eigenvalue weighted by Gasteiger charge is 2.26. The van der Waals surface area contributed by atoms with Gasteiger partial charge in [0.15, 0.2) is 0 Å². The molecule has 0 aliphatic carbocycles. The van der Waals surface area contributed by atoms with Crippen LogP contribution in [0.3, 0.4) is 0 Å². The Balaban J connectivity index is 1.66. The van der Waals surface area contributed by atoms with Crippen LogP contribution in [0.1, 0.15) is 35.8 Å². The maximum atomic E-state index is 13.5. The summed E-state index contributed by atoms with van der Waals surface area (Å²) in [6.07, 6.45) is 6.70. The van der Waals surface area contributed by atoms with E-state index in [0.717, 1.165) is 49.3 Å². The second-order valence-corrected chi connectivity index (χ2v) is 5.93. The van der Waals surface area contributed by atoms with E-state index in [1.807, 2.05) is 18.5 Å². The van der Waals surface area contributed by atoms with Gasteiger partial charge < -0.3 is 4.74 Å². The molecule has 3 rings (SSSR count). The van der Waals surface area contributed by atoms with Crippen LogP contribution in [0.15, 0.2) is 36.7 Å². The lowest BCUT2D eigenvalue weighted by molar-refractivity contribution is 0.200.